The summed E-state index contributed by atoms with van der Waals surface area (Å²) in [6.07, 6.45) is 0. The number of aryl methyl sites for hydroxylation is 3. The quantitative estimate of drug-likeness (QED) is 0.827. The van der Waals surface area contributed by atoms with Crippen molar-refractivity contribution in [3.63, 3.8) is 0 Å². The van der Waals surface area contributed by atoms with Crippen molar-refractivity contribution in [1.82, 2.24) is 14.9 Å². The number of hydrogen-bond donors (Lipinski definition) is 1. The third-order valence-corrected chi connectivity index (χ3v) is 3.68. The summed E-state index contributed by atoms with van der Waals surface area (Å²) in [5.74, 6) is 1.10. The molecule has 1 aromatic carbocycles. The summed E-state index contributed by atoms with van der Waals surface area (Å²) >= 11 is 0. The molecule has 2 heterocycles. The predicted molar refractivity (Wildman–Crippen MR) is 75.3 cm³/mol. The van der Waals surface area contributed by atoms with Crippen molar-refractivity contribution in [2.24, 2.45) is 7.05 Å². The van der Waals surface area contributed by atoms with Gasteiger partial charge in [0.2, 0.25) is 5.95 Å². The van der Waals surface area contributed by atoms with Crippen LogP contribution in [0.1, 0.15) is 11.1 Å². The van der Waals surface area contributed by atoms with Gasteiger partial charge in [-0.05, 0) is 31.0 Å². The van der Waals surface area contributed by atoms with Gasteiger partial charge >= 0.3 is 0 Å². The largest absolute Gasteiger partial charge is 0.340 e. The Kier molecular flexibility index (Phi) is 2.74. The van der Waals surface area contributed by atoms with Gasteiger partial charge in [0.25, 0.3) is 0 Å². The minimum atomic E-state index is 1.04. The number of nitrogens with one attached hydrogen (secondary N) is 1. The Hall–Kier alpha value is -1.55. The maximum absolute atomic E-state index is 4.82. The Morgan fingerprint density at radius 1 is 1.17 bits per heavy atom. The summed E-state index contributed by atoms with van der Waals surface area (Å²) in [5.41, 5.74) is 4.96. The first-order chi connectivity index (χ1) is 8.66. The van der Waals surface area contributed by atoms with Crippen molar-refractivity contribution in [2.75, 3.05) is 31.1 Å². The molecule has 18 heavy (non-hydrogen) atoms. The van der Waals surface area contributed by atoms with E-state index in [1.807, 2.05) is 0 Å². The van der Waals surface area contributed by atoms with Crippen molar-refractivity contribution in [3.8, 4) is 0 Å². The lowest BCUT2D eigenvalue weighted by Gasteiger charge is -2.28. The molecule has 0 unspecified atom stereocenters. The van der Waals surface area contributed by atoms with Gasteiger partial charge in [0.05, 0.1) is 11.0 Å². The summed E-state index contributed by atoms with van der Waals surface area (Å²) in [7, 11) is 2.12. The zero-order chi connectivity index (χ0) is 12.7. The topological polar surface area (TPSA) is 33.1 Å². The molecule has 3 rings (SSSR count). The lowest BCUT2D eigenvalue weighted by molar-refractivity contribution is 0.575. The van der Waals surface area contributed by atoms with Gasteiger partial charge in [-0.2, -0.15) is 0 Å². The standard InChI is InChI=1S/C14H20N4/c1-10-8-11(2)13-12(9-10)16-14(17(13)3)18-6-4-15-5-7-18/h8-9,15H,4-7H2,1-3H3. The Balaban J connectivity index is 2.13. The van der Waals surface area contributed by atoms with Crippen LogP contribution >= 0.6 is 0 Å². The molecule has 2 aromatic rings. The third kappa shape index (κ3) is 1.77. The smallest absolute Gasteiger partial charge is 0.206 e. The first-order valence-electron chi connectivity index (χ1n) is 6.56. The Labute approximate surface area is 108 Å². The SMILES string of the molecule is Cc1cc(C)c2c(c1)nc(N1CCNCC1)n2C. The van der Waals surface area contributed by atoms with E-state index >= 15 is 0 Å². The number of fused-ring (bicyclic) bond motifs is 1. The van der Waals surface area contributed by atoms with Gasteiger partial charge in [0, 0.05) is 33.2 Å². The molecule has 4 nitrogen and oxygen atoms in total. The van der Waals surface area contributed by atoms with E-state index in [0.717, 1.165) is 37.6 Å². The highest BCUT2D eigenvalue weighted by molar-refractivity contribution is 5.82. The van der Waals surface area contributed by atoms with Crippen molar-refractivity contribution in [1.29, 1.82) is 0 Å². The summed E-state index contributed by atoms with van der Waals surface area (Å²) in [6, 6.07) is 4.40. The second kappa shape index (κ2) is 4.28. The zero-order valence-electron chi connectivity index (χ0n) is 11.3. The lowest BCUT2D eigenvalue weighted by atomic mass is 10.1. The monoisotopic (exact) mass is 244 g/mol. The van der Waals surface area contributed by atoms with Crippen LogP contribution in [0.3, 0.4) is 0 Å². The average molecular weight is 244 g/mol. The predicted octanol–water partition coefficient (Wildman–Crippen LogP) is 1.60. The molecular formula is C14H20N4. The summed E-state index contributed by atoms with van der Waals surface area (Å²) in [4.78, 5) is 7.19. The number of imidazole rings is 1. The molecule has 1 saturated heterocycles. The zero-order valence-corrected chi connectivity index (χ0v) is 11.3. The van der Waals surface area contributed by atoms with Gasteiger partial charge in [-0.1, -0.05) is 6.07 Å². The second-order valence-electron chi connectivity index (χ2n) is 5.16. The van der Waals surface area contributed by atoms with Crippen LogP contribution in [-0.2, 0) is 7.05 Å². The van der Waals surface area contributed by atoms with Crippen LogP contribution in [0, 0.1) is 13.8 Å². The number of nitrogens with zero attached hydrogens (tertiary/aromatic N) is 3. The first kappa shape index (κ1) is 11.5. The number of anilines is 1. The molecule has 1 aliphatic heterocycles. The van der Waals surface area contributed by atoms with Crippen molar-refractivity contribution in [2.45, 2.75) is 13.8 Å². The molecule has 0 spiro atoms. The van der Waals surface area contributed by atoms with E-state index in [4.69, 9.17) is 4.98 Å². The van der Waals surface area contributed by atoms with Crippen LogP contribution in [-0.4, -0.2) is 35.7 Å². The van der Waals surface area contributed by atoms with Gasteiger partial charge in [0.1, 0.15) is 0 Å². The van der Waals surface area contributed by atoms with E-state index in [9.17, 15) is 0 Å². The summed E-state index contributed by atoms with van der Waals surface area (Å²) in [5, 5.41) is 3.38. The van der Waals surface area contributed by atoms with E-state index in [-0.39, 0.29) is 0 Å². The van der Waals surface area contributed by atoms with Crippen molar-refractivity contribution in [3.05, 3.63) is 23.3 Å². The lowest BCUT2D eigenvalue weighted by Crippen LogP contribution is -2.44. The molecule has 0 bridgehead atoms. The molecule has 1 aliphatic rings. The van der Waals surface area contributed by atoms with E-state index in [1.165, 1.54) is 16.6 Å². The Morgan fingerprint density at radius 2 is 1.89 bits per heavy atom. The van der Waals surface area contributed by atoms with Crippen LogP contribution in [0.4, 0.5) is 5.95 Å². The molecule has 1 N–H and O–H groups in total. The second-order valence-corrected chi connectivity index (χ2v) is 5.16. The van der Waals surface area contributed by atoms with Crippen LogP contribution in [0.5, 0.6) is 0 Å². The Bertz CT molecular complexity index is 579. The van der Waals surface area contributed by atoms with Crippen LogP contribution in [0.15, 0.2) is 12.1 Å². The van der Waals surface area contributed by atoms with Gasteiger partial charge in [-0.3, -0.25) is 0 Å². The van der Waals surface area contributed by atoms with Crippen molar-refractivity contribution >= 4 is 17.0 Å². The van der Waals surface area contributed by atoms with Gasteiger partial charge in [-0.25, -0.2) is 4.98 Å². The molecule has 0 atom stereocenters. The van der Waals surface area contributed by atoms with Gasteiger partial charge in [-0.15, -0.1) is 0 Å². The van der Waals surface area contributed by atoms with Crippen molar-refractivity contribution < 1.29 is 0 Å². The average Bonchev–Trinajstić information content (AvgIpc) is 2.67. The molecule has 0 aliphatic carbocycles. The van der Waals surface area contributed by atoms with Crippen LogP contribution < -0.4 is 10.2 Å². The molecule has 96 valence electrons. The molecule has 1 fully saturated rings. The molecule has 0 saturated carbocycles. The normalized spacial score (nSPS) is 16.5. The fraction of sp³-hybridized carbons (Fsp3) is 0.500. The van der Waals surface area contributed by atoms with Crippen LogP contribution in [0.25, 0.3) is 11.0 Å². The van der Waals surface area contributed by atoms with E-state index in [1.54, 1.807) is 0 Å². The first-order valence-corrected chi connectivity index (χ1v) is 6.56. The highest BCUT2D eigenvalue weighted by Crippen LogP contribution is 2.25. The fourth-order valence-electron chi connectivity index (χ4n) is 2.89. The minimum absolute atomic E-state index is 1.04. The number of hydrogen-bond acceptors (Lipinski definition) is 3. The highest BCUT2D eigenvalue weighted by atomic mass is 15.3. The number of aromatic nitrogens is 2. The van der Waals surface area contributed by atoms with E-state index in [2.05, 4.69) is 47.8 Å². The number of rotatable bonds is 1. The fourth-order valence-corrected chi connectivity index (χ4v) is 2.89. The summed E-state index contributed by atoms with van der Waals surface area (Å²) < 4.78 is 2.23. The van der Waals surface area contributed by atoms with E-state index < -0.39 is 0 Å². The van der Waals surface area contributed by atoms with Gasteiger partial charge < -0.3 is 14.8 Å². The molecule has 0 amide bonds. The third-order valence-electron chi connectivity index (χ3n) is 3.68. The molecule has 4 heteroatoms. The maximum Gasteiger partial charge on any atom is 0.206 e. The maximum atomic E-state index is 4.82. The number of piperazine rings is 1. The van der Waals surface area contributed by atoms with E-state index in [0.29, 0.717) is 0 Å². The number of benzene rings is 1. The highest BCUT2D eigenvalue weighted by Gasteiger charge is 2.17. The van der Waals surface area contributed by atoms with Gasteiger partial charge in [0.15, 0.2) is 0 Å². The molecule has 1 aromatic heterocycles. The summed E-state index contributed by atoms with van der Waals surface area (Å²) in [6.45, 7) is 8.46. The molecule has 0 radical (unpaired) electrons. The van der Waals surface area contributed by atoms with Crippen LogP contribution in [0.2, 0.25) is 0 Å². The Morgan fingerprint density at radius 3 is 2.61 bits per heavy atom. The molecular weight excluding hydrogens is 224 g/mol. The minimum Gasteiger partial charge on any atom is -0.340 e.